The highest BCUT2D eigenvalue weighted by Gasteiger charge is 2.32. The zero-order valence-electron chi connectivity index (χ0n) is 19.5. The minimum Gasteiger partial charge on any atom is -0.379 e. The predicted molar refractivity (Wildman–Crippen MR) is 127 cm³/mol. The highest BCUT2D eigenvalue weighted by atomic mass is 32.2. The van der Waals surface area contributed by atoms with Crippen LogP contribution in [0.3, 0.4) is 0 Å². The van der Waals surface area contributed by atoms with Crippen molar-refractivity contribution in [2.75, 3.05) is 0 Å². The molecule has 0 unspecified atom stereocenters. The molecule has 3 aromatic rings. The Labute approximate surface area is 203 Å². The van der Waals surface area contributed by atoms with Crippen LogP contribution in [0.15, 0.2) is 77.7 Å². The highest BCUT2D eigenvalue weighted by molar-refractivity contribution is 7.87. The molecule has 0 bridgehead atoms. The fourth-order valence-electron chi connectivity index (χ4n) is 3.39. The van der Waals surface area contributed by atoms with Crippen LogP contribution in [0.4, 0.5) is 13.2 Å². The molecule has 0 spiro atoms. The minimum atomic E-state index is -4.68. The summed E-state index contributed by atoms with van der Waals surface area (Å²) < 4.78 is 68.8. The summed E-state index contributed by atoms with van der Waals surface area (Å²) >= 11 is 0. The van der Waals surface area contributed by atoms with Crippen molar-refractivity contribution in [1.29, 1.82) is 0 Å². The number of aryl methyl sites for hydroxylation is 1. The van der Waals surface area contributed by atoms with Crippen molar-refractivity contribution in [3.05, 3.63) is 95.1 Å². The summed E-state index contributed by atoms with van der Waals surface area (Å²) in [6.45, 7) is 6.12. The number of rotatable bonds is 8. The van der Waals surface area contributed by atoms with E-state index in [0.29, 0.717) is 11.6 Å². The van der Waals surface area contributed by atoms with E-state index in [1.807, 2.05) is 32.9 Å². The van der Waals surface area contributed by atoms with Gasteiger partial charge in [0.15, 0.2) is 0 Å². The number of benzene rings is 3. The molecule has 3 rings (SSSR count). The Morgan fingerprint density at radius 3 is 2.09 bits per heavy atom. The molecule has 0 fully saturated rings. The number of halogens is 3. The topological polar surface area (TPSA) is 63.7 Å². The quantitative estimate of drug-likeness (QED) is 0.348. The second kappa shape index (κ2) is 10.5. The van der Waals surface area contributed by atoms with E-state index in [0.717, 1.165) is 35.7 Å². The summed E-state index contributed by atoms with van der Waals surface area (Å²) in [6, 6.07) is 16.7. The normalized spacial score (nSPS) is 12.0. The van der Waals surface area contributed by atoms with Crippen molar-refractivity contribution in [3.63, 3.8) is 0 Å². The minimum absolute atomic E-state index is 0.0521. The van der Waals surface area contributed by atoms with E-state index in [9.17, 15) is 26.4 Å². The molecule has 0 saturated carbocycles. The number of amides is 1. The van der Waals surface area contributed by atoms with Gasteiger partial charge in [0.05, 0.1) is 5.56 Å². The van der Waals surface area contributed by atoms with Gasteiger partial charge in [-0.1, -0.05) is 37.3 Å². The van der Waals surface area contributed by atoms with E-state index in [2.05, 4.69) is 0 Å². The van der Waals surface area contributed by atoms with Crippen molar-refractivity contribution < 1.29 is 30.6 Å². The molecule has 0 aromatic heterocycles. The lowest BCUT2D eigenvalue weighted by Gasteiger charge is -2.27. The lowest BCUT2D eigenvalue weighted by atomic mass is 10.1. The molecule has 3 aromatic carbocycles. The van der Waals surface area contributed by atoms with Crippen LogP contribution < -0.4 is 4.18 Å². The fourth-order valence-corrected chi connectivity index (χ4v) is 4.36. The average molecular weight is 506 g/mol. The highest BCUT2D eigenvalue weighted by Crippen LogP contribution is 2.31. The Balaban J connectivity index is 1.74. The van der Waals surface area contributed by atoms with E-state index in [4.69, 9.17) is 4.18 Å². The largest absolute Gasteiger partial charge is 0.416 e. The first-order valence-corrected chi connectivity index (χ1v) is 12.4. The van der Waals surface area contributed by atoms with Crippen LogP contribution in [-0.4, -0.2) is 25.3 Å². The van der Waals surface area contributed by atoms with Crippen LogP contribution in [0.1, 0.15) is 47.8 Å². The third-order valence-corrected chi connectivity index (χ3v) is 6.67. The molecule has 0 N–H and O–H groups in total. The molecule has 0 heterocycles. The van der Waals surface area contributed by atoms with Gasteiger partial charge >= 0.3 is 16.3 Å². The number of alkyl halides is 3. The summed E-state index contributed by atoms with van der Waals surface area (Å²) in [4.78, 5) is 14.1. The summed E-state index contributed by atoms with van der Waals surface area (Å²) in [7, 11) is -4.47. The molecule has 0 atom stereocenters. The van der Waals surface area contributed by atoms with Crippen molar-refractivity contribution >= 4 is 16.0 Å². The van der Waals surface area contributed by atoms with Gasteiger partial charge in [-0.15, -0.1) is 0 Å². The van der Waals surface area contributed by atoms with E-state index in [1.165, 1.54) is 12.1 Å². The molecule has 0 saturated heterocycles. The van der Waals surface area contributed by atoms with Gasteiger partial charge in [0.1, 0.15) is 10.6 Å². The Morgan fingerprint density at radius 1 is 0.943 bits per heavy atom. The predicted octanol–water partition coefficient (Wildman–Crippen LogP) is 6.09. The summed E-state index contributed by atoms with van der Waals surface area (Å²) in [5.74, 6) is -0.182. The smallest absolute Gasteiger partial charge is 0.379 e. The first kappa shape index (κ1) is 26.3. The van der Waals surface area contributed by atoms with Crippen LogP contribution in [0, 0.1) is 0 Å². The maximum Gasteiger partial charge on any atom is 0.416 e. The number of carbonyl (C=O) groups is 1. The number of hydrogen-bond donors (Lipinski definition) is 0. The van der Waals surface area contributed by atoms with Gasteiger partial charge < -0.3 is 9.08 Å². The summed E-state index contributed by atoms with van der Waals surface area (Å²) in [6.07, 6.45) is -3.80. The van der Waals surface area contributed by atoms with Gasteiger partial charge in [0.25, 0.3) is 5.91 Å². The lowest BCUT2D eigenvalue weighted by Crippen LogP contribution is -2.36. The monoisotopic (exact) mass is 505 g/mol. The molecular formula is C26H26F3NO4S. The third kappa shape index (κ3) is 6.63. The Hall–Kier alpha value is -3.33. The van der Waals surface area contributed by atoms with Crippen molar-refractivity contribution in [1.82, 2.24) is 4.90 Å². The molecule has 186 valence electrons. The van der Waals surface area contributed by atoms with Crippen LogP contribution in [0.2, 0.25) is 0 Å². The molecule has 5 nitrogen and oxygen atoms in total. The van der Waals surface area contributed by atoms with Gasteiger partial charge in [0.2, 0.25) is 0 Å². The maximum absolute atomic E-state index is 13.0. The molecular weight excluding hydrogens is 479 g/mol. The van der Waals surface area contributed by atoms with Gasteiger partial charge in [-0.2, -0.15) is 21.6 Å². The van der Waals surface area contributed by atoms with Crippen LogP contribution in [0.5, 0.6) is 5.75 Å². The van der Waals surface area contributed by atoms with Crippen LogP contribution in [0.25, 0.3) is 0 Å². The number of nitrogens with zero attached hydrogens (tertiary/aromatic N) is 1. The first-order valence-electron chi connectivity index (χ1n) is 11.0. The summed E-state index contributed by atoms with van der Waals surface area (Å²) in [5.41, 5.74) is 1.36. The van der Waals surface area contributed by atoms with E-state index in [-0.39, 0.29) is 24.2 Å². The summed E-state index contributed by atoms with van der Waals surface area (Å²) in [5, 5.41) is 0. The van der Waals surface area contributed by atoms with Gasteiger partial charge in [0, 0.05) is 18.2 Å². The lowest BCUT2D eigenvalue weighted by molar-refractivity contribution is -0.137. The van der Waals surface area contributed by atoms with Gasteiger partial charge in [-0.3, -0.25) is 4.79 Å². The van der Waals surface area contributed by atoms with Crippen molar-refractivity contribution in [2.45, 2.75) is 50.9 Å². The van der Waals surface area contributed by atoms with Crippen molar-refractivity contribution in [2.24, 2.45) is 0 Å². The molecule has 0 radical (unpaired) electrons. The number of carbonyl (C=O) groups excluding carboxylic acids is 1. The SMILES string of the molecule is CCc1ccc(C(=O)N(Cc2ccc(OS(=O)(=O)c3cccc(C(F)(F)F)c3)cc2)C(C)C)cc1. The zero-order valence-corrected chi connectivity index (χ0v) is 20.4. The maximum atomic E-state index is 13.0. The average Bonchev–Trinajstić information content (AvgIpc) is 2.82. The Bertz CT molecular complexity index is 1270. The second-order valence-electron chi connectivity index (χ2n) is 8.28. The van der Waals surface area contributed by atoms with E-state index < -0.39 is 26.8 Å². The molecule has 0 aliphatic heterocycles. The standard InChI is InChI=1S/C26H26F3NO4S/c1-4-19-8-12-21(13-9-19)25(31)30(18(2)3)17-20-10-14-23(15-11-20)34-35(32,33)24-7-5-6-22(16-24)26(27,28)29/h5-16,18H,4,17H2,1-3H3. The molecule has 1 amide bonds. The number of hydrogen-bond acceptors (Lipinski definition) is 4. The van der Waals surface area contributed by atoms with Crippen molar-refractivity contribution in [3.8, 4) is 5.75 Å². The Kier molecular flexibility index (Phi) is 7.90. The molecule has 0 aliphatic carbocycles. The van der Waals surface area contributed by atoms with Crippen LogP contribution in [-0.2, 0) is 29.3 Å². The molecule has 9 heteroatoms. The van der Waals surface area contributed by atoms with Gasteiger partial charge in [-0.25, -0.2) is 0 Å². The molecule has 35 heavy (non-hydrogen) atoms. The van der Waals surface area contributed by atoms with Crippen LogP contribution >= 0.6 is 0 Å². The third-order valence-electron chi connectivity index (χ3n) is 5.43. The zero-order chi connectivity index (χ0) is 25.8. The van der Waals surface area contributed by atoms with E-state index in [1.54, 1.807) is 29.2 Å². The van der Waals surface area contributed by atoms with E-state index >= 15 is 0 Å². The first-order chi connectivity index (χ1) is 16.4. The van der Waals surface area contributed by atoms with Gasteiger partial charge in [-0.05, 0) is 73.9 Å². The Morgan fingerprint density at radius 2 is 1.54 bits per heavy atom. The fraction of sp³-hybridized carbons (Fsp3) is 0.269. The second-order valence-corrected chi connectivity index (χ2v) is 9.83. The molecule has 0 aliphatic rings.